The fourth-order valence-electron chi connectivity index (χ4n) is 3.81. The van der Waals surface area contributed by atoms with Gasteiger partial charge in [-0.1, -0.05) is 43.5 Å². The summed E-state index contributed by atoms with van der Waals surface area (Å²) in [5.41, 5.74) is 1.91. The lowest BCUT2D eigenvalue weighted by Gasteiger charge is -2.30. The third-order valence-electron chi connectivity index (χ3n) is 5.22. The molecule has 0 amide bonds. The van der Waals surface area contributed by atoms with E-state index in [0.717, 1.165) is 24.0 Å². The van der Waals surface area contributed by atoms with Crippen LogP contribution < -0.4 is 0 Å². The van der Waals surface area contributed by atoms with Gasteiger partial charge in [0.2, 0.25) is 0 Å². The van der Waals surface area contributed by atoms with Crippen LogP contribution in [0.1, 0.15) is 55.6 Å². The van der Waals surface area contributed by atoms with Crippen molar-refractivity contribution in [2.75, 3.05) is 0 Å². The molecule has 0 saturated heterocycles. The Balaban J connectivity index is 1.83. The molecule has 24 heavy (non-hydrogen) atoms. The molecule has 0 aromatic heterocycles. The summed E-state index contributed by atoms with van der Waals surface area (Å²) in [4.78, 5) is 0. The highest BCUT2D eigenvalue weighted by Gasteiger charge is 2.26. The molecule has 1 fully saturated rings. The molecule has 1 aliphatic rings. The Kier molecular flexibility index (Phi) is 5.62. The fourth-order valence-corrected chi connectivity index (χ4v) is 3.81. The van der Waals surface area contributed by atoms with Gasteiger partial charge < -0.3 is 5.11 Å². The SMILES string of the molecule is OC(CC(c1ccc(F)cc1)c1ccc(F)cc1)C1CCCCC1. The van der Waals surface area contributed by atoms with Crippen LogP contribution in [0.4, 0.5) is 8.78 Å². The van der Waals surface area contributed by atoms with Crippen molar-refractivity contribution in [1.29, 1.82) is 0 Å². The summed E-state index contributed by atoms with van der Waals surface area (Å²) in [5.74, 6) is -0.265. The first-order chi connectivity index (χ1) is 11.6. The molecule has 1 unspecified atom stereocenters. The maximum atomic E-state index is 13.3. The minimum Gasteiger partial charge on any atom is -0.393 e. The van der Waals surface area contributed by atoms with Crippen molar-refractivity contribution in [2.45, 2.75) is 50.5 Å². The highest BCUT2D eigenvalue weighted by Crippen LogP contribution is 2.35. The summed E-state index contributed by atoms with van der Waals surface area (Å²) in [7, 11) is 0. The van der Waals surface area contributed by atoms with E-state index in [1.54, 1.807) is 24.3 Å². The molecule has 0 radical (unpaired) electrons. The van der Waals surface area contributed by atoms with Crippen LogP contribution in [-0.4, -0.2) is 11.2 Å². The predicted molar refractivity (Wildman–Crippen MR) is 91.8 cm³/mol. The van der Waals surface area contributed by atoms with Crippen LogP contribution in [-0.2, 0) is 0 Å². The summed E-state index contributed by atoms with van der Waals surface area (Å²) < 4.78 is 26.5. The van der Waals surface area contributed by atoms with E-state index in [2.05, 4.69) is 0 Å². The molecular formula is C21H24F2O. The van der Waals surface area contributed by atoms with Crippen LogP contribution in [0, 0.1) is 17.6 Å². The number of hydrogen-bond donors (Lipinski definition) is 1. The zero-order valence-electron chi connectivity index (χ0n) is 13.8. The summed E-state index contributed by atoms with van der Waals surface area (Å²) in [5, 5.41) is 10.7. The van der Waals surface area contributed by atoms with Crippen LogP contribution >= 0.6 is 0 Å². The molecule has 2 aromatic carbocycles. The Labute approximate surface area is 142 Å². The van der Waals surface area contributed by atoms with E-state index in [1.165, 1.54) is 43.5 Å². The third-order valence-corrected chi connectivity index (χ3v) is 5.22. The minimum atomic E-state index is -0.384. The van der Waals surface area contributed by atoms with E-state index in [9.17, 15) is 13.9 Å². The van der Waals surface area contributed by atoms with Crippen molar-refractivity contribution >= 4 is 0 Å². The van der Waals surface area contributed by atoms with Crippen molar-refractivity contribution in [3.8, 4) is 0 Å². The van der Waals surface area contributed by atoms with E-state index in [0.29, 0.717) is 12.3 Å². The summed E-state index contributed by atoms with van der Waals surface area (Å²) in [6.45, 7) is 0. The Bertz CT molecular complexity index is 584. The molecule has 1 atom stereocenters. The first kappa shape index (κ1) is 17.1. The van der Waals surface area contributed by atoms with Gasteiger partial charge in [-0.25, -0.2) is 8.78 Å². The molecule has 0 aliphatic heterocycles. The smallest absolute Gasteiger partial charge is 0.123 e. The van der Waals surface area contributed by atoms with Crippen LogP contribution in [0.3, 0.4) is 0 Å². The van der Waals surface area contributed by atoms with Crippen LogP contribution in [0.25, 0.3) is 0 Å². The van der Waals surface area contributed by atoms with Crippen molar-refractivity contribution in [3.63, 3.8) is 0 Å². The number of aliphatic hydroxyl groups excluding tert-OH is 1. The van der Waals surface area contributed by atoms with Gasteiger partial charge in [0.15, 0.2) is 0 Å². The van der Waals surface area contributed by atoms with Crippen LogP contribution in [0.2, 0.25) is 0 Å². The van der Waals surface area contributed by atoms with Gasteiger partial charge in [0.25, 0.3) is 0 Å². The molecule has 1 nitrogen and oxygen atoms in total. The largest absolute Gasteiger partial charge is 0.393 e. The van der Waals surface area contributed by atoms with Gasteiger partial charge in [-0.2, -0.15) is 0 Å². The standard InChI is InChI=1S/C21H24F2O/c22-18-10-6-15(7-11-18)20(16-8-12-19(23)13-9-16)14-21(24)17-4-2-1-3-5-17/h6-13,17,20-21,24H,1-5,14H2. The van der Waals surface area contributed by atoms with Crippen molar-refractivity contribution < 1.29 is 13.9 Å². The average Bonchev–Trinajstić information content (AvgIpc) is 2.62. The Morgan fingerprint density at radius 2 is 1.25 bits per heavy atom. The molecule has 128 valence electrons. The van der Waals surface area contributed by atoms with Gasteiger partial charge in [-0.3, -0.25) is 0 Å². The second kappa shape index (κ2) is 7.89. The zero-order valence-corrected chi connectivity index (χ0v) is 13.8. The van der Waals surface area contributed by atoms with Crippen LogP contribution in [0.15, 0.2) is 48.5 Å². The fraction of sp³-hybridized carbons (Fsp3) is 0.429. The Hall–Kier alpha value is -1.74. The number of rotatable bonds is 5. The molecule has 0 spiro atoms. The maximum Gasteiger partial charge on any atom is 0.123 e. The molecule has 0 bridgehead atoms. The lowest BCUT2D eigenvalue weighted by molar-refractivity contribution is 0.0736. The highest BCUT2D eigenvalue weighted by molar-refractivity contribution is 5.33. The third kappa shape index (κ3) is 4.21. The second-order valence-corrected chi connectivity index (χ2v) is 6.86. The normalized spacial score (nSPS) is 17.2. The molecule has 1 aliphatic carbocycles. The second-order valence-electron chi connectivity index (χ2n) is 6.86. The monoisotopic (exact) mass is 330 g/mol. The Morgan fingerprint density at radius 1 is 0.792 bits per heavy atom. The molecule has 2 aromatic rings. The molecule has 1 N–H and O–H groups in total. The average molecular weight is 330 g/mol. The number of aliphatic hydroxyl groups is 1. The van der Waals surface area contributed by atoms with Crippen LogP contribution in [0.5, 0.6) is 0 Å². The highest BCUT2D eigenvalue weighted by atomic mass is 19.1. The molecular weight excluding hydrogens is 306 g/mol. The van der Waals surface area contributed by atoms with E-state index >= 15 is 0 Å². The summed E-state index contributed by atoms with van der Waals surface area (Å²) >= 11 is 0. The zero-order chi connectivity index (χ0) is 16.9. The molecule has 1 saturated carbocycles. The summed E-state index contributed by atoms with van der Waals surface area (Å²) in [6, 6.07) is 12.8. The number of benzene rings is 2. The molecule has 0 heterocycles. The van der Waals surface area contributed by atoms with E-state index in [-0.39, 0.29) is 23.7 Å². The van der Waals surface area contributed by atoms with E-state index in [1.807, 2.05) is 0 Å². The number of halogens is 2. The lowest BCUT2D eigenvalue weighted by Crippen LogP contribution is -2.25. The van der Waals surface area contributed by atoms with Gasteiger partial charge >= 0.3 is 0 Å². The molecule has 3 rings (SSSR count). The van der Waals surface area contributed by atoms with Gasteiger partial charge in [0.05, 0.1) is 6.10 Å². The topological polar surface area (TPSA) is 20.2 Å². The Morgan fingerprint density at radius 3 is 1.71 bits per heavy atom. The van der Waals surface area contributed by atoms with Gasteiger partial charge in [-0.15, -0.1) is 0 Å². The van der Waals surface area contributed by atoms with E-state index in [4.69, 9.17) is 0 Å². The van der Waals surface area contributed by atoms with Crippen molar-refractivity contribution in [1.82, 2.24) is 0 Å². The van der Waals surface area contributed by atoms with E-state index < -0.39 is 0 Å². The quantitative estimate of drug-likeness (QED) is 0.775. The molecule has 3 heteroatoms. The number of hydrogen-bond acceptors (Lipinski definition) is 1. The minimum absolute atomic E-state index is 0.0527. The first-order valence-electron chi connectivity index (χ1n) is 8.82. The van der Waals surface area contributed by atoms with Gasteiger partial charge in [-0.05, 0) is 60.6 Å². The lowest BCUT2D eigenvalue weighted by atomic mass is 9.79. The van der Waals surface area contributed by atoms with Crippen molar-refractivity contribution in [2.24, 2.45) is 5.92 Å². The van der Waals surface area contributed by atoms with Gasteiger partial charge in [0, 0.05) is 5.92 Å². The summed E-state index contributed by atoms with van der Waals surface area (Å²) in [6.07, 6.45) is 5.95. The van der Waals surface area contributed by atoms with Crippen molar-refractivity contribution in [3.05, 3.63) is 71.3 Å². The predicted octanol–water partition coefficient (Wildman–Crippen LogP) is 5.43. The van der Waals surface area contributed by atoms with Gasteiger partial charge in [0.1, 0.15) is 11.6 Å². The first-order valence-corrected chi connectivity index (χ1v) is 8.82. The maximum absolute atomic E-state index is 13.3.